The monoisotopic (exact) mass is 297 g/mol. The molecule has 1 aromatic heterocycles. The van der Waals surface area contributed by atoms with E-state index in [9.17, 15) is 4.79 Å². The molecule has 1 atom stereocenters. The van der Waals surface area contributed by atoms with Crippen LogP contribution in [-0.4, -0.2) is 11.6 Å². The van der Waals surface area contributed by atoms with Crippen LogP contribution in [0.1, 0.15) is 16.7 Å². The average Bonchev–Trinajstić information content (AvgIpc) is 2.78. The third-order valence-electron chi connectivity index (χ3n) is 3.99. The van der Waals surface area contributed by atoms with Crippen LogP contribution in [-0.2, 0) is 13.2 Å². The lowest BCUT2D eigenvalue weighted by molar-refractivity contribution is -0.916. The number of fused-ring (bicyclic) bond motifs is 1. The van der Waals surface area contributed by atoms with E-state index >= 15 is 0 Å². The van der Waals surface area contributed by atoms with Gasteiger partial charge in [-0.15, -0.1) is 0 Å². The average molecular weight is 297 g/mol. The van der Waals surface area contributed by atoms with Crippen LogP contribution in [0.3, 0.4) is 0 Å². The van der Waals surface area contributed by atoms with E-state index in [1.165, 1.54) is 21.6 Å². The molecule has 1 heterocycles. The zero-order chi connectivity index (χ0) is 15.7. The molecule has 3 rings (SSSR count). The molecule has 2 aromatic carbocycles. The minimum absolute atomic E-state index is 0.291. The van der Waals surface area contributed by atoms with Gasteiger partial charge in [-0.25, -0.2) is 9.36 Å². The van der Waals surface area contributed by atoms with Gasteiger partial charge in [-0.2, -0.15) is 0 Å². The van der Waals surface area contributed by atoms with E-state index in [2.05, 4.69) is 39.1 Å². The van der Waals surface area contributed by atoms with E-state index < -0.39 is 0 Å². The summed E-state index contributed by atoms with van der Waals surface area (Å²) in [7, 11) is 2.09. The summed E-state index contributed by atoms with van der Waals surface area (Å²) in [5, 5.41) is 0. The second-order valence-electron chi connectivity index (χ2n) is 5.99. The van der Waals surface area contributed by atoms with E-state index in [0.717, 1.165) is 12.1 Å². The number of benzene rings is 2. The fourth-order valence-corrected chi connectivity index (χ4v) is 2.86. The first-order chi connectivity index (χ1) is 10.5. The maximum atomic E-state index is 12.0. The Kier molecular flexibility index (Phi) is 3.86. The van der Waals surface area contributed by atoms with Gasteiger partial charge >= 0.3 is 5.76 Å². The molecule has 4 heteroatoms. The van der Waals surface area contributed by atoms with E-state index in [1.807, 2.05) is 24.3 Å². The molecule has 0 bridgehead atoms. The molecule has 0 radical (unpaired) electrons. The number of hydrogen-bond acceptors (Lipinski definition) is 2. The summed E-state index contributed by atoms with van der Waals surface area (Å²) in [4.78, 5) is 13.3. The Balaban J connectivity index is 1.82. The van der Waals surface area contributed by atoms with Crippen LogP contribution < -0.4 is 10.7 Å². The molecule has 0 fully saturated rings. The first-order valence-electron chi connectivity index (χ1n) is 7.50. The van der Waals surface area contributed by atoms with Gasteiger partial charge in [-0.05, 0) is 31.5 Å². The molecule has 1 unspecified atom stereocenters. The molecule has 1 N–H and O–H groups in total. The quantitative estimate of drug-likeness (QED) is 0.799. The molecule has 0 spiro atoms. The predicted octanol–water partition coefficient (Wildman–Crippen LogP) is 1.88. The number of para-hydroxylation sites is 2. The van der Waals surface area contributed by atoms with Crippen molar-refractivity contribution in [2.24, 2.45) is 0 Å². The lowest BCUT2D eigenvalue weighted by Crippen LogP contribution is -3.07. The van der Waals surface area contributed by atoms with Crippen molar-refractivity contribution in [3.63, 3.8) is 0 Å². The van der Waals surface area contributed by atoms with Crippen LogP contribution in [0.5, 0.6) is 0 Å². The second-order valence-corrected chi connectivity index (χ2v) is 5.99. The minimum atomic E-state index is -0.291. The molecular weight excluding hydrogens is 276 g/mol. The summed E-state index contributed by atoms with van der Waals surface area (Å²) in [6, 6.07) is 14.0. The highest BCUT2D eigenvalue weighted by molar-refractivity contribution is 5.72. The molecule has 0 aliphatic carbocycles. The third kappa shape index (κ3) is 2.83. The Morgan fingerprint density at radius 1 is 1.14 bits per heavy atom. The van der Waals surface area contributed by atoms with E-state index in [1.54, 1.807) is 4.57 Å². The number of oxazole rings is 1. The lowest BCUT2D eigenvalue weighted by Gasteiger charge is -2.16. The van der Waals surface area contributed by atoms with Gasteiger partial charge < -0.3 is 9.32 Å². The number of aromatic nitrogens is 1. The van der Waals surface area contributed by atoms with Gasteiger partial charge in [0, 0.05) is 5.56 Å². The number of quaternary nitrogens is 1. The fourth-order valence-electron chi connectivity index (χ4n) is 2.86. The van der Waals surface area contributed by atoms with E-state index in [0.29, 0.717) is 12.3 Å². The van der Waals surface area contributed by atoms with Crippen LogP contribution in [0.25, 0.3) is 11.1 Å². The largest absolute Gasteiger partial charge is 0.424 e. The van der Waals surface area contributed by atoms with Crippen molar-refractivity contribution in [1.29, 1.82) is 0 Å². The summed E-state index contributed by atoms with van der Waals surface area (Å²) in [5.74, 6) is -0.291. The maximum Gasteiger partial charge on any atom is 0.424 e. The Labute approximate surface area is 129 Å². The van der Waals surface area contributed by atoms with Gasteiger partial charge in [0.25, 0.3) is 0 Å². The number of aryl methyl sites for hydroxylation is 2. The van der Waals surface area contributed by atoms with Gasteiger partial charge in [0.05, 0.1) is 12.6 Å². The molecule has 114 valence electrons. The maximum absolute atomic E-state index is 12.0. The Morgan fingerprint density at radius 3 is 2.68 bits per heavy atom. The van der Waals surface area contributed by atoms with Gasteiger partial charge in [0.15, 0.2) is 12.3 Å². The molecule has 4 nitrogen and oxygen atoms in total. The minimum Gasteiger partial charge on any atom is -0.408 e. The SMILES string of the molecule is Cc1ccc(C[NH+](C)Cn2c(=O)oc3ccccc32)c(C)c1. The molecular formula is C18H21N2O2+. The van der Waals surface area contributed by atoms with E-state index in [4.69, 9.17) is 4.42 Å². The third-order valence-corrected chi connectivity index (χ3v) is 3.99. The van der Waals surface area contributed by atoms with E-state index in [-0.39, 0.29) is 5.76 Å². The summed E-state index contributed by atoms with van der Waals surface area (Å²) >= 11 is 0. The Bertz CT molecular complexity index is 861. The van der Waals surface area contributed by atoms with Crippen molar-refractivity contribution in [2.75, 3.05) is 7.05 Å². The summed E-state index contributed by atoms with van der Waals surface area (Å²) < 4.78 is 6.99. The van der Waals surface area contributed by atoms with Crippen molar-refractivity contribution in [3.8, 4) is 0 Å². The van der Waals surface area contributed by atoms with Crippen LogP contribution in [0.4, 0.5) is 0 Å². The van der Waals surface area contributed by atoms with Crippen molar-refractivity contribution >= 4 is 11.1 Å². The van der Waals surface area contributed by atoms with Gasteiger partial charge in [-0.3, -0.25) is 0 Å². The lowest BCUT2D eigenvalue weighted by atomic mass is 10.1. The second kappa shape index (κ2) is 5.81. The van der Waals surface area contributed by atoms with Gasteiger partial charge in [0.1, 0.15) is 6.54 Å². The molecule has 0 saturated heterocycles. The van der Waals surface area contributed by atoms with Gasteiger partial charge in [-0.1, -0.05) is 35.9 Å². The van der Waals surface area contributed by atoms with Crippen molar-refractivity contribution < 1.29 is 9.32 Å². The number of nitrogens with one attached hydrogen (secondary N) is 1. The topological polar surface area (TPSA) is 39.6 Å². The van der Waals surface area contributed by atoms with Crippen LogP contribution in [0, 0.1) is 13.8 Å². The normalized spacial score (nSPS) is 12.7. The first-order valence-corrected chi connectivity index (χ1v) is 7.50. The highest BCUT2D eigenvalue weighted by Gasteiger charge is 2.13. The number of nitrogens with zero attached hydrogens (tertiary/aromatic N) is 1. The molecule has 0 aliphatic heterocycles. The summed E-state index contributed by atoms with van der Waals surface area (Å²) in [6.45, 7) is 5.70. The van der Waals surface area contributed by atoms with Crippen molar-refractivity contribution in [3.05, 3.63) is 69.7 Å². The molecule has 3 aromatic rings. The van der Waals surface area contributed by atoms with Crippen molar-refractivity contribution in [2.45, 2.75) is 27.1 Å². The van der Waals surface area contributed by atoms with Crippen LogP contribution >= 0.6 is 0 Å². The number of hydrogen-bond donors (Lipinski definition) is 1. The zero-order valence-corrected chi connectivity index (χ0v) is 13.2. The summed E-state index contributed by atoms with van der Waals surface area (Å²) in [5.41, 5.74) is 5.38. The first kappa shape index (κ1) is 14.6. The highest BCUT2D eigenvalue weighted by Crippen LogP contribution is 2.11. The molecule has 0 saturated carbocycles. The van der Waals surface area contributed by atoms with Crippen LogP contribution in [0.15, 0.2) is 51.7 Å². The Morgan fingerprint density at radius 2 is 1.91 bits per heavy atom. The van der Waals surface area contributed by atoms with Crippen molar-refractivity contribution in [1.82, 2.24) is 4.57 Å². The number of rotatable bonds is 4. The van der Waals surface area contributed by atoms with Gasteiger partial charge in [0.2, 0.25) is 0 Å². The molecule has 0 amide bonds. The summed E-state index contributed by atoms with van der Waals surface area (Å²) in [6.07, 6.45) is 0. The molecule has 22 heavy (non-hydrogen) atoms. The highest BCUT2D eigenvalue weighted by atomic mass is 16.4. The zero-order valence-electron chi connectivity index (χ0n) is 13.2. The fraction of sp³-hybridized carbons (Fsp3) is 0.278. The van der Waals surface area contributed by atoms with Crippen LogP contribution in [0.2, 0.25) is 0 Å². The standard InChI is InChI=1S/C18H20N2O2/c1-13-8-9-15(14(2)10-13)11-19(3)12-20-16-6-4-5-7-17(16)22-18(20)21/h4-10H,11-12H2,1-3H3/p+1. The molecule has 0 aliphatic rings. The Hall–Kier alpha value is -2.33. The smallest absolute Gasteiger partial charge is 0.408 e. The predicted molar refractivity (Wildman–Crippen MR) is 87.0 cm³/mol.